The number of hydrogen-bond acceptors (Lipinski definition) is 6. The maximum atomic E-state index is 11.0. The van der Waals surface area contributed by atoms with Crippen LogP contribution in [0.25, 0.3) is 0 Å². The third-order valence-electron chi connectivity index (χ3n) is 2.02. The second kappa shape index (κ2) is 9.29. The molecule has 6 nitrogen and oxygen atoms in total. The predicted molar refractivity (Wildman–Crippen MR) is 68.0 cm³/mol. The molecule has 0 saturated heterocycles. The average Bonchev–Trinajstić information content (AvgIpc) is 2.42. The first-order chi connectivity index (χ1) is 8.97. The van der Waals surface area contributed by atoms with Crippen LogP contribution in [0, 0.1) is 12.3 Å². The highest BCUT2D eigenvalue weighted by Gasteiger charge is 2.28. The number of carbonyl (C=O) groups excluding carboxylic acids is 2. The summed E-state index contributed by atoms with van der Waals surface area (Å²) in [7, 11) is 0. The highest BCUT2D eigenvalue weighted by atomic mass is 16.6. The first-order valence-corrected chi connectivity index (χ1v) is 5.60. The smallest absolute Gasteiger partial charge is 0.330 e. The number of carbonyl (C=O) groups is 2. The molecule has 1 N–H and O–H groups in total. The molecule has 0 saturated carbocycles. The van der Waals surface area contributed by atoms with Gasteiger partial charge in [-0.15, -0.1) is 0 Å². The molecule has 0 aromatic carbocycles. The van der Waals surface area contributed by atoms with Crippen LogP contribution in [0.2, 0.25) is 0 Å². The van der Waals surface area contributed by atoms with E-state index in [-0.39, 0.29) is 33.0 Å². The van der Waals surface area contributed by atoms with Crippen molar-refractivity contribution in [3.63, 3.8) is 0 Å². The molecule has 0 aromatic heterocycles. The number of aliphatic hydroxyl groups excluding tert-OH is 1. The van der Waals surface area contributed by atoms with Gasteiger partial charge in [0.05, 0.1) is 25.2 Å². The Morgan fingerprint density at radius 1 is 1.05 bits per heavy atom. The highest BCUT2D eigenvalue weighted by molar-refractivity contribution is 5.81. The fourth-order valence-electron chi connectivity index (χ4n) is 1.04. The molecule has 6 heteroatoms. The van der Waals surface area contributed by atoms with E-state index in [1.807, 2.05) is 0 Å². The summed E-state index contributed by atoms with van der Waals surface area (Å²) in [5.74, 6) is -1.21. The van der Waals surface area contributed by atoms with Gasteiger partial charge in [0.2, 0.25) is 0 Å². The lowest BCUT2D eigenvalue weighted by Gasteiger charge is -2.27. The van der Waals surface area contributed by atoms with Crippen LogP contribution in [0.4, 0.5) is 0 Å². The van der Waals surface area contributed by atoms with Crippen LogP contribution in [-0.2, 0) is 23.8 Å². The molecule has 0 bridgehead atoms. The monoisotopic (exact) mass is 271 g/mol. The zero-order valence-electron chi connectivity index (χ0n) is 10.8. The molecule has 0 aliphatic rings. The Balaban J connectivity index is 4.41. The Morgan fingerprint density at radius 3 is 1.89 bits per heavy atom. The molecule has 0 heterocycles. The fraction of sp³-hybridized carbons (Fsp3) is 0.462. The summed E-state index contributed by atoms with van der Waals surface area (Å²) in [6, 6.07) is 0. The summed E-state index contributed by atoms with van der Waals surface area (Å²) >= 11 is 0. The Morgan fingerprint density at radius 2 is 1.53 bits per heavy atom. The summed E-state index contributed by atoms with van der Waals surface area (Å²) in [4.78, 5) is 22.0. The Kier molecular flexibility index (Phi) is 8.48. The first kappa shape index (κ1) is 17.3. The van der Waals surface area contributed by atoms with E-state index < -0.39 is 17.4 Å². The predicted octanol–water partition coefficient (Wildman–Crippen LogP) is 0.274. The van der Waals surface area contributed by atoms with Gasteiger partial charge in [-0.25, -0.2) is 9.59 Å². The summed E-state index contributed by atoms with van der Waals surface area (Å²) in [5, 5.41) is 8.63. The normalized spacial score (nSPS) is 10.6. The van der Waals surface area contributed by atoms with Crippen molar-refractivity contribution in [1.82, 2.24) is 0 Å². The van der Waals surface area contributed by atoms with Crippen molar-refractivity contribution >= 4 is 11.9 Å². The Hall–Kier alpha value is -1.66. The van der Waals surface area contributed by atoms with E-state index in [1.54, 1.807) is 0 Å². The van der Waals surface area contributed by atoms with Crippen molar-refractivity contribution < 1.29 is 28.9 Å². The number of aliphatic hydroxyl groups is 1. The Labute approximate surface area is 112 Å². The molecule has 0 fully saturated rings. The highest BCUT2D eigenvalue weighted by Crippen LogP contribution is 2.18. The SMILES string of the molecule is [CH2]C(COCCO)(COC(=O)C=C)COC(=O)C=C. The van der Waals surface area contributed by atoms with Crippen molar-refractivity contribution in [3.8, 4) is 0 Å². The lowest BCUT2D eigenvalue weighted by atomic mass is 9.94. The lowest BCUT2D eigenvalue weighted by molar-refractivity contribution is -0.148. The van der Waals surface area contributed by atoms with Crippen molar-refractivity contribution in [2.75, 3.05) is 33.0 Å². The van der Waals surface area contributed by atoms with Crippen molar-refractivity contribution in [1.29, 1.82) is 0 Å². The third-order valence-corrected chi connectivity index (χ3v) is 2.02. The summed E-state index contributed by atoms with van der Waals surface area (Å²) < 4.78 is 14.9. The maximum Gasteiger partial charge on any atom is 0.330 e. The second-order valence-corrected chi connectivity index (χ2v) is 3.90. The average molecular weight is 271 g/mol. The zero-order valence-corrected chi connectivity index (χ0v) is 10.8. The fourth-order valence-corrected chi connectivity index (χ4v) is 1.04. The van der Waals surface area contributed by atoms with Gasteiger partial charge in [-0.1, -0.05) is 13.2 Å². The van der Waals surface area contributed by atoms with Crippen LogP contribution in [-0.4, -0.2) is 50.1 Å². The van der Waals surface area contributed by atoms with Gasteiger partial charge in [0.1, 0.15) is 13.2 Å². The van der Waals surface area contributed by atoms with Crippen molar-refractivity contribution in [2.24, 2.45) is 5.41 Å². The quantitative estimate of drug-likeness (QED) is 0.349. The molecule has 0 spiro atoms. The van der Waals surface area contributed by atoms with Gasteiger partial charge in [0.15, 0.2) is 0 Å². The van der Waals surface area contributed by atoms with Crippen LogP contribution in [0.15, 0.2) is 25.3 Å². The summed E-state index contributed by atoms with van der Waals surface area (Å²) in [6.45, 7) is 10.2. The van der Waals surface area contributed by atoms with Gasteiger partial charge < -0.3 is 19.3 Å². The second-order valence-electron chi connectivity index (χ2n) is 3.90. The van der Waals surface area contributed by atoms with E-state index in [9.17, 15) is 9.59 Å². The topological polar surface area (TPSA) is 82.1 Å². The standard InChI is InChI=1S/C13H19O6/c1-4-11(15)18-9-13(3,8-17-7-6-14)10-19-12(16)5-2/h4-5,14H,1-3,6-10H2. The van der Waals surface area contributed by atoms with E-state index in [0.29, 0.717) is 0 Å². The molecular formula is C13H19O6. The molecular weight excluding hydrogens is 252 g/mol. The van der Waals surface area contributed by atoms with E-state index >= 15 is 0 Å². The molecule has 0 aromatic rings. The lowest BCUT2D eigenvalue weighted by Crippen LogP contribution is -2.36. The number of rotatable bonds is 10. The van der Waals surface area contributed by atoms with Crippen molar-refractivity contribution in [2.45, 2.75) is 0 Å². The van der Waals surface area contributed by atoms with E-state index in [4.69, 9.17) is 19.3 Å². The molecule has 0 atom stereocenters. The van der Waals surface area contributed by atoms with Crippen LogP contribution in [0.3, 0.4) is 0 Å². The molecule has 1 radical (unpaired) electrons. The van der Waals surface area contributed by atoms with Crippen LogP contribution < -0.4 is 0 Å². The number of esters is 2. The van der Waals surface area contributed by atoms with Gasteiger partial charge in [-0.05, 0) is 6.92 Å². The molecule has 0 aliphatic carbocycles. The molecule has 0 amide bonds. The summed E-state index contributed by atoms with van der Waals surface area (Å²) in [5.41, 5.74) is -0.952. The minimum atomic E-state index is -0.952. The minimum absolute atomic E-state index is 0.0579. The maximum absolute atomic E-state index is 11.0. The molecule has 0 rings (SSSR count). The van der Waals surface area contributed by atoms with Crippen LogP contribution in [0.5, 0.6) is 0 Å². The largest absolute Gasteiger partial charge is 0.462 e. The van der Waals surface area contributed by atoms with E-state index in [2.05, 4.69) is 20.1 Å². The first-order valence-electron chi connectivity index (χ1n) is 5.60. The summed E-state index contributed by atoms with van der Waals surface area (Å²) in [6.07, 6.45) is 2.04. The number of hydrogen-bond donors (Lipinski definition) is 1. The molecule has 0 aliphatic heterocycles. The molecule has 19 heavy (non-hydrogen) atoms. The van der Waals surface area contributed by atoms with Gasteiger partial charge in [-0.2, -0.15) is 0 Å². The van der Waals surface area contributed by atoms with E-state index in [0.717, 1.165) is 12.2 Å². The van der Waals surface area contributed by atoms with Crippen LogP contribution in [0.1, 0.15) is 0 Å². The van der Waals surface area contributed by atoms with Crippen LogP contribution >= 0.6 is 0 Å². The Bertz CT molecular complexity index is 299. The van der Waals surface area contributed by atoms with Gasteiger partial charge >= 0.3 is 11.9 Å². The van der Waals surface area contributed by atoms with Gasteiger partial charge in [-0.3, -0.25) is 0 Å². The molecule has 107 valence electrons. The van der Waals surface area contributed by atoms with E-state index in [1.165, 1.54) is 0 Å². The van der Waals surface area contributed by atoms with Gasteiger partial charge in [0.25, 0.3) is 0 Å². The van der Waals surface area contributed by atoms with Gasteiger partial charge in [0, 0.05) is 12.2 Å². The zero-order chi connectivity index (χ0) is 14.7. The molecule has 0 unspecified atom stereocenters. The minimum Gasteiger partial charge on any atom is -0.462 e. The third kappa shape index (κ3) is 8.12. The number of ether oxygens (including phenoxy) is 3. The van der Waals surface area contributed by atoms with Crippen molar-refractivity contribution in [3.05, 3.63) is 32.2 Å².